The molecule has 8 nitrogen and oxygen atoms in total. The monoisotopic (exact) mass is 662 g/mol. The predicted molar refractivity (Wildman–Crippen MR) is 203 cm³/mol. The van der Waals surface area contributed by atoms with Gasteiger partial charge in [-0.1, -0.05) is 98.8 Å². The van der Waals surface area contributed by atoms with Crippen molar-refractivity contribution in [3.63, 3.8) is 0 Å². The molecule has 2 aromatic heterocycles. The average molecular weight is 663 g/mol. The first-order valence-corrected chi connectivity index (χ1v) is 17.7. The van der Waals surface area contributed by atoms with Gasteiger partial charge in [-0.25, -0.2) is 19.9 Å². The van der Waals surface area contributed by atoms with E-state index in [1.807, 2.05) is 24.5 Å². The van der Waals surface area contributed by atoms with Crippen LogP contribution in [0.25, 0.3) is 11.0 Å². The standard InChI is InChI=1S/C43H34N8/c1-27-41-49(29-17-7-4-8-18-29)39-40(47-33-22-12-11-21-32(33)46-39)51(41)35-24-14-10-20-31(35)43(27,2)36-30-19-9-13-23-34(30)50-38-37(44-25-26-45-38)48(42(36)50)28-15-5-3-6-16-28/h3-27,36,41-42H,1-2H3. The molecule has 0 fully saturated rings. The van der Waals surface area contributed by atoms with E-state index in [1.165, 1.54) is 22.5 Å². The maximum Gasteiger partial charge on any atom is 0.179 e. The molecule has 0 spiro atoms. The number of para-hydroxylation sites is 6. The quantitative estimate of drug-likeness (QED) is 0.186. The van der Waals surface area contributed by atoms with Crippen LogP contribution in [0.4, 0.5) is 46.0 Å². The summed E-state index contributed by atoms with van der Waals surface area (Å²) in [7, 11) is 0. The molecule has 5 atom stereocenters. The van der Waals surface area contributed by atoms with E-state index in [9.17, 15) is 0 Å². The smallest absolute Gasteiger partial charge is 0.179 e. The number of hydrogen-bond acceptors (Lipinski definition) is 8. The van der Waals surface area contributed by atoms with Crippen molar-refractivity contribution in [3.8, 4) is 0 Å². The molecule has 0 N–H and O–H groups in total. The minimum Gasteiger partial charge on any atom is -0.302 e. The van der Waals surface area contributed by atoms with Gasteiger partial charge in [0.2, 0.25) is 0 Å². The molecule has 11 rings (SSSR count). The van der Waals surface area contributed by atoms with Crippen molar-refractivity contribution < 1.29 is 0 Å². The third kappa shape index (κ3) is 3.68. The van der Waals surface area contributed by atoms with Gasteiger partial charge >= 0.3 is 0 Å². The van der Waals surface area contributed by atoms with Gasteiger partial charge in [0.25, 0.3) is 0 Å². The second-order valence-corrected chi connectivity index (χ2v) is 14.2. The number of anilines is 8. The maximum atomic E-state index is 5.35. The molecule has 0 bridgehead atoms. The first kappa shape index (κ1) is 28.5. The van der Waals surface area contributed by atoms with Gasteiger partial charge in [0, 0.05) is 52.4 Å². The highest BCUT2D eigenvalue weighted by molar-refractivity contribution is 5.92. The summed E-state index contributed by atoms with van der Waals surface area (Å²) < 4.78 is 0. The summed E-state index contributed by atoms with van der Waals surface area (Å²) in [5, 5.41) is 0. The fourth-order valence-electron chi connectivity index (χ4n) is 9.59. The van der Waals surface area contributed by atoms with Crippen molar-refractivity contribution in [2.45, 2.75) is 37.5 Å². The Morgan fingerprint density at radius 1 is 0.490 bits per heavy atom. The molecule has 5 unspecified atom stereocenters. The van der Waals surface area contributed by atoms with Crippen LogP contribution in [0.3, 0.4) is 0 Å². The molecule has 0 saturated carbocycles. The number of hydrogen-bond donors (Lipinski definition) is 0. The summed E-state index contributed by atoms with van der Waals surface area (Å²) in [6.45, 7) is 4.93. The van der Waals surface area contributed by atoms with E-state index in [4.69, 9.17) is 19.9 Å². The zero-order valence-electron chi connectivity index (χ0n) is 28.2. The van der Waals surface area contributed by atoms with Crippen LogP contribution in [0.5, 0.6) is 0 Å². The highest BCUT2D eigenvalue weighted by Gasteiger charge is 2.63. The van der Waals surface area contributed by atoms with E-state index in [-0.39, 0.29) is 29.6 Å². The van der Waals surface area contributed by atoms with Crippen LogP contribution >= 0.6 is 0 Å². The van der Waals surface area contributed by atoms with Gasteiger partial charge in [0.05, 0.1) is 11.0 Å². The molecule has 246 valence electrons. The fourth-order valence-corrected chi connectivity index (χ4v) is 9.59. The minimum absolute atomic E-state index is 0.0320. The van der Waals surface area contributed by atoms with Gasteiger partial charge < -0.3 is 19.6 Å². The van der Waals surface area contributed by atoms with Crippen molar-refractivity contribution in [1.29, 1.82) is 0 Å². The van der Waals surface area contributed by atoms with Crippen molar-refractivity contribution in [1.82, 2.24) is 19.9 Å². The molecule has 0 aliphatic carbocycles. The lowest BCUT2D eigenvalue weighted by molar-refractivity contribution is 0.202. The van der Waals surface area contributed by atoms with Gasteiger partial charge in [0.1, 0.15) is 12.3 Å². The maximum absolute atomic E-state index is 5.35. The number of benzene rings is 5. The second-order valence-electron chi connectivity index (χ2n) is 14.2. The molecule has 8 heteroatoms. The molecule has 0 amide bonds. The topological polar surface area (TPSA) is 64.5 Å². The van der Waals surface area contributed by atoms with Gasteiger partial charge in [0.15, 0.2) is 23.3 Å². The van der Waals surface area contributed by atoms with Gasteiger partial charge in [-0.3, -0.25) is 0 Å². The van der Waals surface area contributed by atoms with Crippen molar-refractivity contribution in [2.75, 3.05) is 19.6 Å². The van der Waals surface area contributed by atoms with E-state index in [1.54, 1.807) is 0 Å². The molecule has 51 heavy (non-hydrogen) atoms. The highest BCUT2D eigenvalue weighted by Crippen LogP contribution is 2.66. The summed E-state index contributed by atoms with van der Waals surface area (Å²) >= 11 is 0. The lowest BCUT2D eigenvalue weighted by Crippen LogP contribution is -2.59. The highest BCUT2D eigenvalue weighted by atomic mass is 15.5. The van der Waals surface area contributed by atoms with Crippen LogP contribution < -0.4 is 19.6 Å². The molecular formula is C43H34N8. The molecule has 0 radical (unpaired) electrons. The van der Waals surface area contributed by atoms with E-state index in [0.29, 0.717) is 0 Å². The van der Waals surface area contributed by atoms with Gasteiger partial charge in [-0.05, 0) is 59.7 Å². The first-order valence-electron chi connectivity index (χ1n) is 17.7. The summed E-state index contributed by atoms with van der Waals surface area (Å²) in [4.78, 5) is 30.4. The fraction of sp³-hybridized carbons (Fsp3) is 0.163. The van der Waals surface area contributed by atoms with Gasteiger partial charge in [-0.2, -0.15) is 0 Å². The Hall–Kier alpha value is -6.28. The van der Waals surface area contributed by atoms with E-state index >= 15 is 0 Å². The van der Waals surface area contributed by atoms with Crippen LogP contribution in [0.2, 0.25) is 0 Å². The number of aromatic nitrogens is 4. The van der Waals surface area contributed by atoms with E-state index in [0.717, 1.165) is 45.7 Å². The largest absolute Gasteiger partial charge is 0.302 e. The normalized spacial score (nSPS) is 23.8. The third-order valence-corrected chi connectivity index (χ3v) is 11.8. The minimum atomic E-state index is -0.378. The molecule has 4 aliphatic rings. The zero-order valence-corrected chi connectivity index (χ0v) is 28.2. The average Bonchev–Trinajstić information content (AvgIpc) is 3.82. The Bertz CT molecular complexity index is 2470. The van der Waals surface area contributed by atoms with Crippen LogP contribution in [0.1, 0.15) is 30.9 Å². The summed E-state index contributed by atoms with van der Waals surface area (Å²) in [6.07, 6.45) is 3.44. The van der Waals surface area contributed by atoms with Crippen LogP contribution in [-0.2, 0) is 5.41 Å². The Balaban J connectivity index is 1.18. The first-order chi connectivity index (χ1) is 25.1. The Morgan fingerprint density at radius 2 is 0.980 bits per heavy atom. The number of fused-ring (bicyclic) bond motifs is 11. The van der Waals surface area contributed by atoms with Crippen molar-refractivity contribution in [2.24, 2.45) is 5.92 Å². The molecular weight excluding hydrogens is 629 g/mol. The Labute approximate surface area is 296 Å². The zero-order chi connectivity index (χ0) is 33.8. The van der Waals surface area contributed by atoms with Gasteiger partial charge in [-0.15, -0.1) is 0 Å². The van der Waals surface area contributed by atoms with Crippen molar-refractivity contribution in [3.05, 3.63) is 157 Å². The molecule has 0 saturated heterocycles. The molecule has 7 aromatic rings. The van der Waals surface area contributed by atoms with Crippen molar-refractivity contribution >= 4 is 57.1 Å². The molecule has 4 aliphatic heterocycles. The lowest BCUT2D eigenvalue weighted by Gasteiger charge is -2.54. The number of nitrogens with zero attached hydrogens (tertiary/aromatic N) is 8. The molecule has 5 aromatic carbocycles. The predicted octanol–water partition coefficient (Wildman–Crippen LogP) is 9.36. The van der Waals surface area contributed by atoms with E-state index in [2.05, 4.69) is 155 Å². The van der Waals surface area contributed by atoms with E-state index < -0.39 is 0 Å². The number of rotatable bonds is 3. The Kier molecular flexibility index (Phi) is 5.80. The second kappa shape index (κ2) is 10.4. The summed E-state index contributed by atoms with van der Waals surface area (Å²) in [5.41, 5.74) is 8.59. The lowest BCUT2D eigenvalue weighted by atomic mass is 9.58. The van der Waals surface area contributed by atoms with Crippen LogP contribution in [-0.4, -0.2) is 32.3 Å². The van der Waals surface area contributed by atoms with Crippen LogP contribution in [0.15, 0.2) is 146 Å². The summed E-state index contributed by atoms with van der Waals surface area (Å²) in [6, 6.07) is 47.5. The van der Waals surface area contributed by atoms with Crippen LogP contribution in [0, 0.1) is 5.92 Å². The SMILES string of the molecule is CC1C2N(c3ccccc3)c3nc4ccccc4nc3N2c2ccccc2C1(C)C1c2ccccc2N2c3nccnc3N(c3ccccc3)C12. The Morgan fingerprint density at radius 3 is 1.65 bits per heavy atom. The summed E-state index contributed by atoms with van der Waals surface area (Å²) in [5.74, 6) is 3.68. The molecule has 6 heterocycles. The third-order valence-electron chi connectivity index (χ3n) is 11.8.